The lowest BCUT2D eigenvalue weighted by atomic mass is 9.42. The number of carbonyl (C=O) groups excluding carboxylic acids is 5. The van der Waals surface area contributed by atoms with Crippen LogP contribution in [0.5, 0.6) is 0 Å². The average Bonchev–Trinajstić information content (AvgIpc) is 3.06. The van der Waals surface area contributed by atoms with Gasteiger partial charge in [-0.3, -0.25) is 14.4 Å². The van der Waals surface area contributed by atoms with E-state index in [-0.39, 0.29) is 31.6 Å². The van der Waals surface area contributed by atoms with Crippen LogP contribution < -0.4 is 0 Å². The van der Waals surface area contributed by atoms with Gasteiger partial charge in [0.15, 0.2) is 5.60 Å². The van der Waals surface area contributed by atoms with Crippen LogP contribution in [0.4, 0.5) is 4.79 Å². The second-order valence-corrected chi connectivity index (χ2v) is 14.6. The smallest absolute Gasteiger partial charge is 0.455 e. The predicted octanol–water partition coefficient (Wildman–Crippen LogP) is 3.59. The highest BCUT2D eigenvalue weighted by Crippen LogP contribution is 2.64. The van der Waals surface area contributed by atoms with Crippen LogP contribution in [0, 0.1) is 28.6 Å². The minimum atomic E-state index is -2.20. The van der Waals surface area contributed by atoms with E-state index in [1.165, 1.54) is 26.0 Å². The first-order chi connectivity index (χ1) is 23.1. The number of esters is 2. The van der Waals surface area contributed by atoms with Crippen molar-refractivity contribution < 1.29 is 57.9 Å². The first kappa shape index (κ1) is 34.7. The SMILES string of the molecule is CC(=O)O[C@@]12CO[C@@H]1C[C@H](O)[C@@]1(C)C(=O)C(=O)C3C(C)[C@@H](OC(=O)OCc4ccccc4)C[C@@](O)([C@@H](OC(=O)c4ccccc4)[C@H]21)C3(C)C. The Bertz CT molecular complexity index is 1640. The fourth-order valence-electron chi connectivity index (χ4n) is 8.95. The van der Waals surface area contributed by atoms with E-state index >= 15 is 0 Å². The summed E-state index contributed by atoms with van der Waals surface area (Å²) in [7, 11) is 0. The molecular formula is C37H42O12. The zero-order chi connectivity index (χ0) is 35.5. The number of hydrogen-bond acceptors (Lipinski definition) is 12. The lowest BCUT2D eigenvalue weighted by Crippen LogP contribution is -2.82. The average molecular weight is 679 g/mol. The maximum Gasteiger partial charge on any atom is 0.508 e. The molecule has 1 heterocycles. The lowest BCUT2D eigenvalue weighted by Gasteiger charge is -2.67. The van der Waals surface area contributed by atoms with Crippen molar-refractivity contribution in [2.45, 2.75) is 89.7 Å². The van der Waals surface area contributed by atoms with E-state index in [2.05, 4.69) is 0 Å². The third-order valence-electron chi connectivity index (χ3n) is 11.7. The van der Waals surface area contributed by atoms with Gasteiger partial charge in [0.05, 0.1) is 29.6 Å². The molecule has 2 bridgehead atoms. The van der Waals surface area contributed by atoms with Gasteiger partial charge in [-0.15, -0.1) is 0 Å². The number of Topliss-reactive ketones (excluding diaryl/α,β-unsaturated/α-hetero) is 2. The Balaban J connectivity index is 1.49. The van der Waals surface area contributed by atoms with Crippen LogP contribution in [0.25, 0.3) is 0 Å². The molecule has 2 N–H and O–H groups in total. The highest BCUT2D eigenvalue weighted by molar-refractivity contribution is 6.40. The third kappa shape index (κ3) is 5.35. The van der Waals surface area contributed by atoms with E-state index in [9.17, 15) is 34.2 Å². The van der Waals surface area contributed by atoms with Crippen molar-refractivity contribution in [1.29, 1.82) is 0 Å². The fraction of sp³-hybridized carbons (Fsp3) is 0.541. The van der Waals surface area contributed by atoms with E-state index in [0.717, 1.165) is 0 Å². The molecule has 1 saturated heterocycles. The van der Waals surface area contributed by atoms with Crippen LogP contribution in [0.1, 0.15) is 63.4 Å². The number of ether oxygens (including phenoxy) is 5. The molecule has 0 radical (unpaired) electrons. The molecule has 10 atom stereocenters. The molecule has 6 rings (SSSR count). The molecule has 4 fully saturated rings. The van der Waals surface area contributed by atoms with E-state index in [4.69, 9.17) is 23.7 Å². The summed E-state index contributed by atoms with van der Waals surface area (Å²) in [5, 5.41) is 24.9. The summed E-state index contributed by atoms with van der Waals surface area (Å²) in [5.41, 5.74) is -6.50. The Morgan fingerprint density at radius 3 is 2.18 bits per heavy atom. The molecule has 3 aliphatic carbocycles. The molecule has 4 aliphatic rings. The standard InChI is InChI=1S/C37H42O12/c1-20-24(47-33(43)45-18-22-12-8-6-9-13-22)17-37(44)31(48-32(42)23-14-10-7-11-15-23)29-35(5,30(41)28(40)27(20)34(37,3)4)25(39)16-26-36(29,19-46-26)49-21(2)38/h6-15,20,24-27,29,31,39,44H,16-19H2,1-5H3/t20?,24-,25-,26+,27?,29-,31-,35+,36-,37+/m0/s1. The van der Waals surface area contributed by atoms with Gasteiger partial charge in [0, 0.05) is 37.0 Å². The quantitative estimate of drug-likeness (QED) is 0.259. The van der Waals surface area contributed by atoms with Gasteiger partial charge in [-0.1, -0.05) is 69.3 Å². The molecule has 12 heteroatoms. The lowest BCUT2D eigenvalue weighted by molar-refractivity contribution is -0.349. The van der Waals surface area contributed by atoms with E-state index in [0.29, 0.717) is 5.56 Å². The number of hydrogen-bond donors (Lipinski definition) is 2. The predicted molar refractivity (Wildman–Crippen MR) is 170 cm³/mol. The van der Waals surface area contributed by atoms with E-state index < -0.39 is 93.9 Å². The number of aliphatic hydroxyl groups is 2. The van der Waals surface area contributed by atoms with Gasteiger partial charge in [-0.25, -0.2) is 9.59 Å². The monoisotopic (exact) mass is 678 g/mol. The molecule has 0 aromatic heterocycles. The van der Waals surface area contributed by atoms with Crippen LogP contribution in [0.15, 0.2) is 60.7 Å². The summed E-state index contributed by atoms with van der Waals surface area (Å²) in [5.74, 6) is -6.98. The summed E-state index contributed by atoms with van der Waals surface area (Å²) in [4.78, 5) is 68.8. The van der Waals surface area contributed by atoms with Gasteiger partial charge in [-0.05, 0) is 24.6 Å². The zero-order valence-electron chi connectivity index (χ0n) is 28.1. The van der Waals surface area contributed by atoms with Crippen molar-refractivity contribution in [3.05, 3.63) is 71.8 Å². The Morgan fingerprint density at radius 1 is 0.959 bits per heavy atom. The Labute approximate surface area is 284 Å². The van der Waals surface area contributed by atoms with Gasteiger partial charge in [0.1, 0.15) is 30.5 Å². The molecule has 2 aromatic carbocycles. The fourth-order valence-corrected chi connectivity index (χ4v) is 8.95. The van der Waals surface area contributed by atoms with Gasteiger partial charge in [-0.2, -0.15) is 0 Å². The van der Waals surface area contributed by atoms with Crippen LogP contribution in [0.3, 0.4) is 0 Å². The molecule has 2 unspecified atom stereocenters. The number of ketones is 2. The summed E-state index contributed by atoms with van der Waals surface area (Å²) in [6, 6.07) is 16.9. The van der Waals surface area contributed by atoms with Crippen molar-refractivity contribution in [3.8, 4) is 0 Å². The van der Waals surface area contributed by atoms with Crippen molar-refractivity contribution in [1.82, 2.24) is 0 Å². The molecule has 3 saturated carbocycles. The number of carbonyl (C=O) groups is 5. The minimum Gasteiger partial charge on any atom is -0.455 e. The molecule has 1 aliphatic heterocycles. The third-order valence-corrected chi connectivity index (χ3v) is 11.7. The first-order valence-corrected chi connectivity index (χ1v) is 16.5. The largest absolute Gasteiger partial charge is 0.508 e. The van der Waals surface area contributed by atoms with Gasteiger partial charge in [0.25, 0.3) is 0 Å². The van der Waals surface area contributed by atoms with Crippen LogP contribution in [-0.4, -0.2) is 82.1 Å². The molecular weight excluding hydrogens is 636 g/mol. The highest BCUT2D eigenvalue weighted by Gasteiger charge is 2.79. The van der Waals surface area contributed by atoms with E-state index in [1.807, 2.05) is 6.07 Å². The maximum atomic E-state index is 14.7. The summed E-state index contributed by atoms with van der Waals surface area (Å²) < 4.78 is 29.2. The summed E-state index contributed by atoms with van der Waals surface area (Å²) in [6.45, 7) is 7.07. The molecule has 2 aromatic rings. The van der Waals surface area contributed by atoms with Crippen LogP contribution in [0.2, 0.25) is 0 Å². The number of rotatable bonds is 6. The van der Waals surface area contributed by atoms with E-state index in [1.54, 1.807) is 63.2 Å². The van der Waals surface area contributed by atoms with Crippen LogP contribution >= 0.6 is 0 Å². The van der Waals surface area contributed by atoms with Crippen LogP contribution in [-0.2, 0) is 44.7 Å². The Kier molecular flexibility index (Phi) is 8.74. The normalized spacial score (nSPS) is 37.6. The molecule has 0 amide bonds. The summed E-state index contributed by atoms with van der Waals surface area (Å²) >= 11 is 0. The minimum absolute atomic E-state index is 0.0979. The molecule has 49 heavy (non-hydrogen) atoms. The summed E-state index contributed by atoms with van der Waals surface area (Å²) in [6.07, 6.45) is -6.86. The number of aliphatic hydroxyl groups excluding tert-OH is 1. The first-order valence-electron chi connectivity index (χ1n) is 16.5. The van der Waals surface area contributed by atoms with Crippen molar-refractivity contribution >= 4 is 29.7 Å². The number of fused-ring (bicyclic) bond motifs is 5. The second-order valence-electron chi connectivity index (χ2n) is 14.6. The van der Waals surface area contributed by atoms with Crippen molar-refractivity contribution in [2.24, 2.45) is 28.6 Å². The van der Waals surface area contributed by atoms with Gasteiger partial charge in [0.2, 0.25) is 11.6 Å². The van der Waals surface area contributed by atoms with Crippen molar-refractivity contribution in [2.75, 3.05) is 6.61 Å². The molecule has 262 valence electrons. The maximum absolute atomic E-state index is 14.7. The van der Waals surface area contributed by atoms with Gasteiger partial charge < -0.3 is 33.9 Å². The molecule has 0 spiro atoms. The zero-order valence-corrected chi connectivity index (χ0v) is 28.1. The topological polar surface area (TPSA) is 172 Å². The van der Waals surface area contributed by atoms with Gasteiger partial charge >= 0.3 is 18.1 Å². The highest BCUT2D eigenvalue weighted by atomic mass is 16.7. The van der Waals surface area contributed by atoms with Crippen molar-refractivity contribution in [3.63, 3.8) is 0 Å². The Hall–Kier alpha value is -4.13. The Morgan fingerprint density at radius 2 is 1.59 bits per heavy atom. The number of benzene rings is 2. The second kappa shape index (κ2) is 12.3. The molecule has 12 nitrogen and oxygen atoms in total.